The molecule has 1 fully saturated rings. The lowest BCUT2D eigenvalue weighted by atomic mass is 9.82. The van der Waals surface area contributed by atoms with Crippen LogP contribution in [-0.4, -0.2) is 47.7 Å². The molecule has 2 aliphatic rings. The zero-order valence-corrected chi connectivity index (χ0v) is 15.9. The Morgan fingerprint density at radius 2 is 2.00 bits per heavy atom. The lowest BCUT2D eigenvalue weighted by Gasteiger charge is -2.45. The van der Waals surface area contributed by atoms with Crippen molar-refractivity contribution in [3.63, 3.8) is 0 Å². The first kappa shape index (κ1) is 17.7. The molecule has 26 heavy (non-hydrogen) atoms. The lowest BCUT2D eigenvalue weighted by molar-refractivity contribution is -0.227. The number of nitrogens with zero attached hydrogens (tertiary/aromatic N) is 3. The molecule has 140 valence electrons. The summed E-state index contributed by atoms with van der Waals surface area (Å²) in [6, 6.07) is 10.8. The first-order chi connectivity index (χ1) is 12.7. The predicted molar refractivity (Wildman–Crippen MR) is 101 cm³/mol. The number of hydrogen-bond donors (Lipinski definition) is 0. The van der Waals surface area contributed by atoms with Gasteiger partial charge < -0.3 is 14.4 Å². The van der Waals surface area contributed by atoms with Crippen LogP contribution in [0, 0.1) is 0 Å². The number of piperidine rings is 1. The summed E-state index contributed by atoms with van der Waals surface area (Å²) in [5.74, 6) is 0. The SMILES string of the molecule is COC1Cc2c(cnn2C)C2(CCN(CCCc3ccccc3)CC2)O1. The van der Waals surface area contributed by atoms with Gasteiger partial charge in [0, 0.05) is 44.9 Å². The third kappa shape index (κ3) is 3.43. The molecular weight excluding hydrogens is 326 g/mol. The second-order valence-electron chi connectivity index (χ2n) is 7.54. The fourth-order valence-electron chi connectivity index (χ4n) is 4.41. The van der Waals surface area contributed by atoms with Gasteiger partial charge in [-0.05, 0) is 37.8 Å². The van der Waals surface area contributed by atoms with E-state index in [0.29, 0.717) is 0 Å². The van der Waals surface area contributed by atoms with Crippen LogP contribution >= 0.6 is 0 Å². The molecule has 5 nitrogen and oxygen atoms in total. The van der Waals surface area contributed by atoms with Gasteiger partial charge in [0.2, 0.25) is 0 Å². The Morgan fingerprint density at radius 3 is 2.73 bits per heavy atom. The summed E-state index contributed by atoms with van der Waals surface area (Å²) in [5.41, 5.74) is 3.75. The van der Waals surface area contributed by atoms with Crippen molar-refractivity contribution in [2.75, 3.05) is 26.7 Å². The molecule has 0 radical (unpaired) electrons. The maximum atomic E-state index is 6.42. The van der Waals surface area contributed by atoms with Crippen LogP contribution in [0.1, 0.15) is 36.1 Å². The second-order valence-corrected chi connectivity index (χ2v) is 7.54. The van der Waals surface area contributed by atoms with Crippen molar-refractivity contribution in [1.82, 2.24) is 14.7 Å². The molecule has 1 unspecified atom stereocenters. The Labute approximate surface area is 155 Å². The molecule has 1 aromatic heterocycles. The van der Waals surface area contributed by atoms with E-state index in [1.165, 1.54) is 23.2 Å². The quantitative estimate of drug-likeness (QED) is 0.827. The fraction of sp³-hybridized carbons (Fsp3) is 0.571. The van der Waals surface area contributed by atoms with Gasteiger partial charge in [0.15, 0.2) is 6.29 Å². The average Bonchev–Trinajstić information content (AvgIpc) is 3.06. The number of rotatable bonds is 5. The molecule has 0 aliphatic carbocycles. The Balaban J connectivity index is 1.36. The lowest BCUT2D eigenvalue weighted by Crippen LogP contribution is -2.49. The zero-order valence-electron chi connectivity index (χ0n) is 15.9. The van der Waals surface area contributed by atoms with E-state index in [9.17, 15) is 0 Å². The molecule has 2 aromatic rings. The Kier molecular flexibility index (Phi) is 5.11. The van der Waals surface area contributed by atoms with Crippen LogP contribution in [0.15, 0.2) is 36.5 Å². The Morgan fingerprint density at radius 1 is 1.23 bits per heavy atom. The Hall–Kier alpha value is -1.69. The number of aryl methyl sites for hydroxylation is 2. The minimum atomic E-state index is -0.224. The van der Waals surface area contributed by atoms with Crippen LogP contribution in [-0.2, 0) is 35.0 Å². The van der Waals surface area contributed by atoms with Gasteiger partial charge in [-0.15, -0.1) is 0 Å². The van der Waals surface area contributed by atoms with E-state index >= 15 is 0 Å². The van der Waals surface area contributed by atoms with E-state index < -0.39 is 0 Å². The van der Waals surface area contributed by atoms with Crippen LogP contribution < -0.4 is 0 Å². The zero-order chi connectivity index (χ0) is 18.0. The summed E-state index contributed by atoms with van der Waals surface area (Å²) >= 11 is 0. The predicted octanol–water partition coefficient (Wildman–Crippen LogP) is 2.89. The maximum Gasteiger partial charge on any atom is 0.163 e. The molecule has 0 saturated carbocycles. The van der Waals surface area contributed by atoms with E-state index in [1.54, 1.807) is 7.11 Å². The third-order valence-corrected chi connectivity index (χ3v) is 5.98. The summed E-state index contributed by atoms with van der Waals surface area (Å²) in [4.78, 5) is 2.57. The number of aromatic nitrogens is 2. The first-order valence-corrected chi connectivity index (χ1v) is 9.68. The van der Waals surface area contributed by atoms with E-state index in [0.717, 1.165) is 45.3 Å². The molecule has 1 aromatic carbocycles. The van der Waals surface area contributed by atoms with Crippen LogP contribution in [0.4, 0.5) is 0 Å². The monoisotopic (exact) mass is 355 g/mol. The van der Waals surface area contributed by atoms with Gasteiger partial charge in [-0.2, -0.15) is 5.10 Å². The number of benzene rings is 1. The van der Waals surface area contributed by atoms with Crippen molar-refractivity contribution in [3.05, 3.63) is 53.3 Å². The number of hydrogen-bond acceptors (Lipinski definition) is 4. The molecule has 0 amide bonds. The number of methoxy groups -OCH3 is 1. The average molecular weight is 355 g/mol. The minimum Gasteiger partial charge on any atom is -0.355 e. The molecule has 4 rings (SSSR count). The molecule has 3 heterocycles. The molecule has 1 atom stereocenters. The highest BCUT2D eigenvalue weighted by Gasteiger charge is 2.45. The third-order valence-electron chi connectivity index (χ3n) is 5.98. The molecular formula is C21H29N3O2. The van der Waals surface area contributed by atoms with Crippen molar-refractivity contribution < 1.29 is 9.47 Å². The highest BCUT2D eigenvalue weighted by atomic mass is 16.7. The summed E-state index contributed by atoms with van der Waals surface area (Å²) in [5, 5.41) is 4.49. The molecule has 1 saturated heterocycles. The molecule has 0 N–H and O–H groups in total. The second kappa shape index (κ2) is 7.51. The molecule has 1 spiro atoms. The summed E-state index contributed by atoms with van der Waals surface area (Å²) < 4.78 is 14.0. The van der Waals surface area contributed by atoms with Crippen molar-refractivity contribution in [2.24, 2.45) is 7.05 Å². The standard InChI is InChI=1S/C21H29N3O2/c1-23-19-15-20(25-2)26-21(18(19)16-22-23)10-13-24(14-11-21)12-6-9-17-7-4-3-5-8-17/h3-5,7-8,16,20H,6,9-15H2,1-2H3. The van der Waals surface area contributed by atoms with Crippen molar-refractivity contribution in [1.29, 1.82) is 0 Å². The molecule has 5 heteroatoms. The van der Waals surface area contributed by atoms with Crippen LogP contribution in [0.3, 0.4) is 0 Å². The van der Waals surface area contributed by atoms with Gasteiger partial charge in [-0.25, -0.2) is 0 Å². The van der Waals surface area contributed by atoms with Crippen molar-refractivity contribution >= 4 is 0 Å². The minimum absolute atomic E-state index is 0.164. The van der Waals surface area contributed by atoms with E-state index in [1.807, 2.05) is 17.9 Å². The van der Waals surface area contributed by atoms with Gasteiger partial charge in [0.1, 0.15) is 5.60 Å². The van der Waals surface area contributed by atoms with Crippen LogP contribution in [0.5, 0.6) is 0 Å². The highest BCUT2D eigenvalue weighted by molar-refractivity contribution is 5.29. The first-order valence-electron chi connectivity index (χ1n) is 9.68. The Bertz CT molecular complexity index is 720. The van der Waals surface area contributed by atoms with Crippen LogP contribution in [0.25, 0.3) is 0 Å². The summed E-state index contributed by atoms with van der Waals surface area (Å²) in [7, 11) is 3.75. The highest BCUT2D eigenvalue weighted by Crippen LogP contribution is 2.43. The fourth-order valence-corrected chi connectivity index (χ4v) is 4.41. The van der Waals surface area contributed by atoms with E-state index in [4.69, 9.17) is 9.47 Å². The number of likely N-dealkylation sites (tertiary alicyclic amines) is 1. The smallest absolute Gasteiger partial charge is 0.163 e. The number of ether oxygens (including phenoxy) is 2. The van der Waals surface area contributed by atoms with Crippen molar-refractivity contribution in [2.45, 2.75) is 44.0 Å². The van der Waals surface area contributed by atoms with E-state index in [-0.39, 0.29) is 11.9 Å². The van der Waals surface area contributed by atoms with Gasteiger partial charge in [0.05, 0.1) is 6.20 Å². The topological polar surface area (TPSA) is 39.5 Å². The summed E-state index contributed by atoms with van der Waals surface area (Å²) in [6.45, 7) is 3.29. The van der Waals surface area contributed by atoms with Gasteiger partial charge >= 0.3 is 0 Å². The normalized spacial score (nSPS) is 22.5. The van der Waals surface area contributed by atoms with Gasteiger partial charge in [-0.3, -0.25) is 4.68 Å². The largest absolute Gasteiger partial charge is 0.355 e. The van der Waals surface area contributed by atoms with Crippen molar-refractivity contribution in [3.8, 4) is 0 Å². The number of fused-ring (bicyclic) bond motifs is 2. The molecule has 0 bridgehead atoms. The van der Waals surface area contributed by atoms with Gasteiger partial charge in [0.25, 0.3) is 0 Å². The maximum absolute atomic E-state index is 6.42. The molecule has 2 aliphatic heterocycles. The summed E-state index contributed by atoms with van der Waals surface area (Å²) in [6.07, 6.45) is 7.00. The van der Waals surface area contributed by atoms with Gasteiger partial charge in [-0.1, -0.05) is 30.3 Å². The van der Waals surface area contributed by atoms with E-state index in [2.05, 4.69) is 40.3 Å². The van der Waals surface area contributed by atoms with Crippen LogP contribution in [0.2, 0.25) is 0 Å².